The van der Waals surface area contributed by atoms with Gasteiger partial charge in [0.1, 0.15) is 12.4 Å². The van der Waals surface area contributed by atoms with Crippen LogP contribution in [0.2, 0.25) is 0 Å². The van der Waals surface area contributed by atoms with Crippen molar-refractivity contribution in [3.05, 3.63) is 42.2 Å². The second kappa shape index (κ2) is 5.36. The molecular weight excluding hydrogens is 238 g/mol. The van der Waals surface area contributed by atoms with Crippen LogP contribution >= 0.6 is 0 Å². The van der Waals surface area contributed by atoms with Gasteiger partial charge >= 0.3 is 0 Å². The third kappa shape index (κ3) is 2.90. The van der Waals surface area contributed by atoms with E-state index in [0.717, 1.165) is 30.8 Å². The average Bonchev–Trinajstić information content (AvgIpc) is 2.92. The maximum Gasteiger partial charge on any atom is 0.217 e. The van der Waals surface area contributed by atoms with Crippen LogP contribution in [0.3, 0.4) is 0 Å². The van der Waals surface area contributed by atoms with Crippen molar-refractivity contribution in [1.29, 1.82) is 0 Å². The van der Waals surface area contributed by atoms with E-state index in [4.69, 9.17) is 4.74 Å². The van der Waals surface area contributed by atoms with Gasteiger partial charge in [0.15, 0.2) is 0 Å². The standard InChI is InChI=1S/C15H17N3O/c1-11-3-2-4-12(7-11)14-8-15(18-10-17-14)19-13-5-6-16-9-13/h2-4,7-8,10,13,16H,5-6,9H2,1H3. The predicted octanol–water partition coefficient (Wildman–Crippen LogP) is 2.19. The van der Waals surface area contributed by atoms with Gasteiger partial charge in [0, 0.05) is 18.2 Å². The molecule has 1 fully saturated rings. The Kier molecular flexibility index (Phi) is 3.42. The first-order chi connectivity index (χ1) is 9.31. The van der Waals surface area contributed by atoms with Gasteiger partial charge in [-0.05, 0) is 26.0 Å². The number of nitrogens with one attached hydrogen (secondary N) is 1. The fourth-order valence-electron chi connectivity index (χ4n) is 2.27. The van der Waals surface area contributed by atoms with Crippen LogP contribution < -0.4 is 10.1 Å². The van der Waals surface area contributed by atoms with Crippen molar-refractivity contribution < 1.29 is 4.74 Å². The molecule has 3 rings (SSSR count). The van der Waals surface area contributed by atoms with Gasteiger partial charge < -0.3 is 10.1 Å². The number of hydrogen-bond donors (Lipinski definition) is 1. The van der Waals surface area contributed by atoms with E-state index in [0.29, 0.717) is 5.88 Å². The van der Waals surface area contributed by atoms with Gasteiger partial charge in [-0.1, -0.05) is 23.8 Å². The summed E-state index contributed by atoms with van der Waals surface area (Å²) in [4.78, 5) is 8.51. The fourth-order valence-corrected chi connectivity index (χ4v) is 2.27. The molecule has 2 heterocycles. The van der Waals surface area contributed by atoms with Gasteiger partial charge in [0.2, 0.25) is 5.88 Å². The number of nitrogens with zero attached hydrogens (tertiary/aromatic N) is 2. The number of benzene rings is 1. The summed E-state index contributed by atoms with van der Waals surface area (Å²) in [6, 6.07) is 10.2. The Morgan fingerprint density at radius 1 is 1.26 bits per heavy atom. The summed E-state index contributed by atoms with van der Waals surface area (Å²) in [5.74, 6) is 0.653. The zero-order chi connectivity index (χ0) is 13.1. The Balaban J connectivity index is 1.82. The summed E-state index contributed by atoms with van der Waals surface area (Å²) in [7, 11) is 0. The number of hydrogen-bond acceptors (Lipinski definition) is 4. The van der Waals surface area contributed by atoms with Gasteiger partial charge in [0.25, 0.3) is 0 Å². The van der Waals surface area contributed by atoms with Gasteiger partial charge in [0.05, 0.1) is 5.69 Å². The first-order valence-electron chi connectivity index (χ1n) is 6.58. The highest BCUT2D eigenvalue weighted by Gasteiger charge is 2.16. The summed E-state index contributed by atoms with van der Waals surface area (Å²) in [6.45, 7) is 3.98. The molecule has 0 radical (unpaired) electrons. The average molecular weight is 255 g/mol. The maximum absolute atomic E-state index is 5.85. The molecule has 98 valence electrons. The van der Waals surface area contributed by atoms with E-state index in [1.165, 1.54) is 5.56 Å². The molecule has 1 atom stereocenters. The number of rotatable bonds is 3. The van der Waals surface area contributed by atoms with Crippen molar-refractivity contribution in [3.63, 3.8) is 0 Å². The largest absolute Gasteiger partial charge is 0.473 e. The van der Waals surface area contributed by atoms with E-state index in [1.54, 1.807) is 6.33 Å². The first-order valence-corrected chi connectivity index (χ1v) is 6.58. The first kappa shape index (κ1) is 12.1. The molecule has 19 heavy (non-hydrogen) atoms. The van der Waals surface area contributed by atoms with Crippen LogP contribution in [-0.4, -0.2) is 29.2 Å². The quantitative estimate of drug-likeness (QED) is 0.913. The molecule has 1 saturated heterocycles. The van der Waals surface area contributed by atoms with E-state index in [1.807, 2.05) is 12.1 Å². The summed E-state index contributed by atoms with van der Waals surface area (Å²) < 4.78 is 5.85. The van der Waals surface area contributed by atoms with E-state index in [-0.39, 0.29) is 6.10 Å². The van der Waals surface area contributed by atoms with Crippen molar-refractivity contribution in [2.45, 2.75) is 19.4 Å². The molecule has 1 N–H and O–H groups in total. The maximum atomic E-state index is 5.85. The van der Waals surface area contributed by atoms with Crippen LogP contribution in [0.1, 0.15) is 12.0 Å². The molecule has 1 aliphatic rings. The van der Waals surface area contributed by atoms with Gasteiger partial charge in [-0.2, -0.15) is 0 Å². The second-order valence-corrected chi connectivity index (χ2v) is 4.84. The van der Waals surface area contributed by atoms with Gasteiger partial charge in [-0.25, -0.2) is 9.97 Å². The minimum atomic E-state index is 0.222. The summed E-state index contributed by atoms with van der Waals surface area (Å²) >= 11 is 0. The molecule has 1 aromatic carbocycles. The van der Waals surface area contributed by atoms with Gasteiger partial charge in [-0.3, -0.25) is 0 Å². The fraction of sp³-hybridized carbons (Fsp3) is 0.333. The molecule has 0 amide bonds. The van der Waals surface area contributed by atoms with E-state index < -0.39 is 0 Å². The second-order valence-electron chi connectivity index (χ2n) is 4.84. The molecule has 1 aromatic heterocycles. The Labute approximate surface area is 112 Å². The van der Waals surface area contributed by atoms with Crippen molar-refractivity contribution in [2.24, 2.45) is 0 Å². The smallest absolute Gasteiger partial charge is 0.217 e. The Morgan fingerprint density at radius 3 is 3.00 bits per heavy atom. The lowest BCUT2D eigenvalue weighted by Crippen LogP contribution is -2.20. The third-order valence-corrected chi connectivity index (χ3v) is 3.26. The summed E-state index contributed by atoms with van der Waals surface area (Å²) in [6.07, 6.45) is 2.82. The molecule has 2 aromatic rings. The lowest BCUT2D eigenvalue weighted by molar-refractivity contribution is 0.214. The van der Waals surface area contributed by atoms with Crippen LogP contribution in [0.25, 0.3) is 11.3 Å². The molecule has 1 unspecified atom stereocenters. The molecular formula is C15H17N3O. The van der Waals surface area contributed by atoms with Gasteiger partial charge in [-0.15, -0.1) is 0 Å². The van der Waals surface area contributed by atoms with E-state index in [9.17, 15) is 0 Å². The minimum absolute atomic E-state index is 0.222. The molecule has 0 bridgehead atoms. The van der Waals surface area contributed by atoms with Crippen LogP contribution in [0, 0.1) is 6.92 Å². The third-order valence-electron chi connectivity index (χ3n) is 3.26. The number of aryl methyl sites for hydroxylation is 1. The Bertz CT molecular complexity index is 565. The van der Waals surface area contributed by atoms with Crippen molar-refractivity contribution in [1.82, 2.24) is 15.3 Å². The highest BCUT2D eigenvalue weighted by molar-refractivity contribution is 5.60. The number of ether oxygens (including phenoxy) is 1. The van der Waals surface area contributed by atoms with E-state index in [2.05, 4.69) is 40.4 Å². The minimum Gasteiger partial charge on any atom is -0.473 e. The molecule has 4 heteroatoms. The Hall–Kier alpha value is -1.94. The lowest BCUT2D eigenvalue weighted by atomic mass is 10.1. The lowest BCUT2D eigenvalue weighted by Gasteiger charge is -2.11. The van der Waals surface area contributed by atoms with Crippen molar-refractivity contribution >= 4 is 0 Å². The predicted molar refractivity (Wildman–Crippen MR) is 74.1 cm³/mol. The zero-order valence-electron chi connectivity index (χ0n) is 11.0. The monoisotopic (exact) mass is 255 g/mol. The zero-order valence-corrected chi connectivity index (χ0v) is 11.0. The summed E-state index contributed by atoms with van der Waals surface area (Å²) in [5, 5.41) is 3.28. The molecule has 0 aliphatic carbocycles. The topological polar surface area (TPSA) is 47.0 Å². The molecule has 4 nitrogen and oxygen atoms in total. The van der Waals surface area contributed by atoms with E-state index >= 15 is 0 Å². The Morgan fingerprint density at radius 2 is 2.21 bits per heavy atom. The highest BCUT2D eigenvalue weighted by atomic mass is 16.5. The highest BCUT2D eigenvalue weighted by Crippen LogP contribution is 2.21. The van der Waals surface area contributed by atoms with Crippen molar-refractivity contribution in [3.8, 4) is 17.1 Å². The molecule has 1 aliphatic heterocycles. The normalized spacial score (nSPS) is 18.5. The molecule has 0 saturated carbocycles. The van der Waals surface area contributed by atoms with Crippen LogP contribution in [-0.2, 0) is 0 Å². The van der Waals surface area contributed by atoms with Crippen molar-refractivity contribution in [2.75, 3.05) is 13.1 Å². The van der Waals surface area contributed by atoms with Crippen LogP contribution in [0.15, 0.2) is 36.7 Å². The molecule has 0 spiro atoms. The van der Waals surface area contributed by atoms with Crippen LogP contribution in [0.5, 0.6) is 5.88 Å². The SMILES string of the molecule is Cc1cccc(-c2cc(OC3CCNC3)ncn2)c1. The van der Waals surface area contributed by atoms with Crippen LogP contribution in [0.4, 0.5) is 0 Å². The number of aromatic nitrogens is 2. The summed E-state index contributed by atoms with van der Waals surface area (Å²) in [5.41, 5.74) is 3.22.